The molecule has 0 radical (unpaired) electrons. The molecule has 2 aromatic rings. The minimum Gasteiger partial charge on any atom is -0.508 e. The van der Waals surface area contributed by atoms with Crippen molar-refractivity contribution >= 4 is 10.8 Å². The van der Waals surface area contributed by atoms with E-state index in [0.717, 1.165) is 6.07 Å². The van der Waals surface area contributed by atoms with E-state index in [4.69, 9.17) is 6.42 Å². The average molecular weight is 232 g/mol. The van der Waals surface area contributed by atoms with Gasteiger partial charge in [0.15, 0.2) is 0 Å². The predicted octanol–water partition coefficient (Wildman–Crippen LogP) is 3.37. The van der Waals surface area contributed by atoms with Gasteiger partial charge >= 0.3 is 0 Å². The lowest BCUT2D eigenvalue weighted by atomic mass is 9.96. The SMILES string of the molecule is C#Cc1c(F)cc(F)c2cc(O)cc(CC)c12. The summed E-state index contributed by atoms with van der Waals surface area (Å²) in [4.78, 5) is 0. The lowest BCUT2D eigenvalue weighted by molar-refractivity contribution is 0.475. The summed E-state index contributed by atoms with van der Waals surface area (Å²) in [6, 6.07) is 3.47. The van der Waals surface area contributed by atoms with Crippen LogP contribution in [0.4, 0.5) is 8.78 Å². The van der Waals surface area contributed by atoms with Crippen molar-refractivity contribution < 1.29 is 13.9 Å². The Balaban J connectivity index is 3.05. The molecule has 0 saturated carbocycles. The second kappa shape index (κ2) is 4.06. The molecule has 0 fully saturated rings. The number of rotatable bonds is 1. The molecule has 0 aliphatic carbocycles. The summed E-state index contributed by atoms with van der Waals surface area (Å²) in [5.74, 6) is 0.711. The molecule has 2 aromatic carbocycles. The second-order valence-corrected chi connectivity index (χ2v) is 3.74. The minimum absolute atomic E-state index is 0.0400. The van der Waals surface area contributed by atoms with Crippen molar-refractivity contribution in [1.29, 1.82) is 0 Å². The minimum atomic E-state index is -0.752. The molecule has 1 N–H and O–H groups in total. The number of aryl methyl sites for hydroxylation is 1. The van der Waals surface area contributed by atoms with Crippen LogP contribution >= 0.6 is 0 Å². The molecular weight excluding hydrogens is 222 g/mol. The van der Waals surface area contributed by atoms with E-state index < -0.39 is 11.6 Å². The van der Waals surface area contributed by atoms with Crippen LogP contribution < -0.4 is 0 Å². The monoisotopic (exact) mass is 232 g/mol. The quantitative estimate of drug-likeness (QED) is 0.747. The second-order valence-electron chi connectivity index (χ2n) is 3.74. The first-order chi connectivity index (χ1) is 8.08. The Kier molecular flexibility index (Phi) is 2.72. The molecule has 0 bridgehead atoms. The van der Waals surface area contributed by atoms with E-state index >= 15 is 0 Å². The summed E-state index contributed by atoms with van der Waals surface area (Å²) in [6.07, 6.45) is 5.78. The van der Waals surface area contributed by atoms with Gasteiger partial charge in [-0.25, -0.2) is 8.78 Å². The van der Waals surface area contributed by atoms with Crippen LogP contribution in [0, 0.1) is 24.0 Å². The van der Waals surface area contributed by atoms with Crippen LogP contribution in [-0.4, -0.2) is 5.11 Å². The Morgan fingerprint density at radius 1 is 1.24 bits per heavy atom. The third-order valence-corrected chi connectivity index (χ3v) is 2.73. The molecule has 0 unspecified atom stereocenters. The van der Waals surface area contributed by atoms with E-state index in [0.29, 0.717) is 17.4 Å². The molecule has 3 heteroatoms. The number of phenols is 1. The smallest absolute Gasteiger partial charge is 0.142 e. The van der Waals surface area contributed by atoms with E-state index in [-0.39, 0.29) is 16.7 Å². The fourth-order valence-corrected chi connectivity index (χ4v) is 1.97. The first-order valence-corrected chi connectivity index (χ1v) is 5.18. The molecule has 0 heterocycles. The molecule has 1 nitrogen and oxygen atoms in total. The Bertz CT molecular complexity index is 639. The van der Waals surface area contributed by atoms with Gasteiger partial charge in [-0.15, -0.1) is 6.42 Å². The van der Waals surface area contributed by atoms with E-state index in [2.05, 4.69) is 5.92 Å². The van der Waals surface area contributed by atoms with E-state index in [9.17, 15) is 13.9 Å². The normalized spacial score (nSPS) is 10.5. The van der Waals surface area contributed by atoms with Gasteiger partial charge in [-0.2, -0.15) is 0 Å². The van der Waals surface area contributed by atoms with Crippen molar-refractivity contribution in [3.63, 3.8) is 0 Å². The van der Waals surface area contributed by atoms with Crippen LogP contribution in [0.5, 0.6) is 5.75 Å². The third-order valence-electron chi connectivity index (χ3n) is 2.73. The Morgan fingerprint density at radius 3 is 2.53 bits per heavy atom. The van der Waals surface area contributed by atoms with Crippen LogP contribution in [0.2, 0.25) is 0 Å². The zero-order chi connectivity index (χ0) is 12.6. The van der Waals surface area contributed by atoms with Gasteiger partial charge in [0.2, 0.25) is 0 Å². The van der Waals surface area contributed by atoms with E-state index in [1.54, 1.807) is 0 Å². The first-order valence-electron chi connectivity index (χ1n) is 5.18. The first kappa shape index (κ1) is 11.4. The zero-order valence-corrected chi connectivity index (χ0v) is 9.22. The molecule has 0 amide bonds. The molecule has 0 aromatic heterocycles. The lowest BCUT2D eigenvalue weighted by Gasteiger charge is -2.10. The number of fused-ring (bicyclic) bond motifs is 1. The number of aromatic hydroxyl groups is 1. The molecule has 0 spiro atoms. The maximum Gasteiger partial charge on any atom is 0.142 e. The molecule has 17 heavy (non-hydrogen) atoms. The lowest BCUT2D eigenvalue weighted by Crippen LogP contribution is -1.95. The van der Waals surface area contributed by atoms with Crippen molar-refractivity contribution in [2.24, 2.45) is 0 Å². The van der Waals surface area contributed by atoms with Crippen LogP contribution in [0.3, 0.4) is 0 Å². The summed E-state index contributed by atoms with van der Waals surface area (Å²) in [5.41, 5.74) is 0.671. The largest absolute Gasteiger partial charge is 0.508 e. The van der Waals surface area contributed by atoms with Gasteiger partial charge < -0.3 is 5.11 Å². The van der Waals surface area contributed by atoms with Gasteiger partial charge in [-0.3, -0.25) is 0 Å². The fraction of sp³-hybridized carbons (Fsp3) is 0.143. The predicted molar refractivity (Wildman–Crippen MR) is 62.8 cm³/mol. The third kappa shape index (κ3) is 1.72. The van der Waals surface area contributed by atoms with Gasteiger partial charge in [-0.05, 0) is 24.1 Å². The number of hydrogen-bond donors (Lipinski definition) is 1. The van der Waals surface area contributed by atoms with Gasteiger partial charge in [0.1, 0.15) is 17.4 Å². The summed E-state index contributed by atoms with van der Waals surface area (Å²) in [7, 11) is 0. The highest BCUT2D eigenvalue weighted by Gasteiger charge is 2.14. The number of phenolic OH excluding ortho intramolecular Hbond substituents is 1. The molecular formula is C14H10F2O. The van der Waals surface area contributed by atoms with Gasteiger partial charge in [-0.1, -0.05) is 12.8 Å². The fourth-order valence-electron chi connectivity index (χ4n) is 1.97. The summed E-state index contributed by atoms with van der Waals surface area (Å²) in [5, 5.41) is 10.0. The van der Waals surface area contributed by atoms with Crippen LogP contribution in [0.15, 0.2) is 18.2 Å². The van der Waals surface area contributed by atoms with Crippen molar-refractivity contribution in [1.82, 2.24) is 0 Å². The Hall–Kier alpha value is -2.08. The van der Waals surface area contributed by atoms with Crippen molar-refractivity contribution in [2.45, 2.75) is 13.3 Å². The molecule has 0 aliphatic heterocycles. The standard InChI is InChI=1S/C14H10F2O/c1-3-8-5-9(17)6-11-13(16)7-12(15)10(4-2)14(8)11/h2,5-7,17H,3H2,1H3. The number of terminal acetylenes is 1. The number of halogens is 2. The number of hydrogen-bond acceptors (Lipinski definition) is 1. The van der Waals surface area contributed by atoms with Crippen molar-refractivity contribution in [3.05, 3.63) is 41.0 Å². The van der Waals surface area contributed by atoms with Gasteiger partial charge in [0, 0.05) is 16.8 Å². The van der Waals surface area contributed by atoms with E-state index in [1.165, 1.54) is 12.1 Å². The molecule has 0 aliphatic rings. The van der Waals surface area contributed by atoms with E-state index in [1.807, 2.05) is 6.92 Å². The highest BCUT2D eigenvalue weighted by Crippen LogP contribution is 2.31. The highest BCUT2D eigenvalue weighted by molar-refractivity contribution is 5.93. The summed E-state index contributed by atoms with van der Waals surface area (Å²) >= 11 is 0. The summed E-state index contributed by atoms with van der Waals surface area (Å²) in [6.45, 7) is 1.83. The highest BCUT2D eigenvalue weighted by atomic mass is 19.1. The topological polar surface area (TPSA) is 20.2 Å². The molecule has 0 saturated heterocycles. The summed E-state index contributed by atoms with van der Waals surface area (Å²) < 4.78 is 27.2. The van der Waals surface area contributed by atoms with Crippen LogP contribution in [0.1, 0.15) is 18.1 Å². The number of benzene rings is 2. The average Bonchev–Trinajstić information content (AvgIpc) is 2.29. The maximum absolute atomic E-state index is 13.6. The Morgan fingerprint density at radius 2 is 1.94 bits per heavy atom. The maximum atomic E-state index is 13.6. The molecule has 2 rings (SSSR count). The van der Waals surface area contributed by atoms with Crippen LogP contribution in [0.25, 0.3) is 10.8 Å². The van der Waals surface area contributed by atoms with Gasteiger partial charge in [0.05, 0.1) is 5.56 Å². The van der Waals surface area contributed by atoms with Crippen LogP contribution in [-0.2, 0) is 6.42 Å². The van der Waals surface area contributed by atoms with Crippen molar-refractivity contribution in [2.75, 3.05) is 0 Å². The zero-order valence-electron chi connectivity index (χ0n) is 9.22. The van der Waals surface area contributed by atoms with Crippen molar-refractivity contribution in [3.8, 4) is 18.1 Å². The van der Waals surface area contributed by atoms with Gasteiger partial charge in [0.25, 0.3) is 0 Å². The molecule has 0 atom stereocenters. The Labute approximate surface area is 97.7 Å². The molecule has 86 valence electrons.